The van der Waals surface area contributed by atoms with Crippen molar-refractivity contribution in [3.8, 4) is 0 Å². The van der Waals surface area contributed by atoms with Gasteiger partial charge in [-0.25, -0.2) is 4.79 Å². The molecule has 0 saturated heterocycles. The SMILES string of the molecule is CCOC(=O)/C(CC(=O)OC)=C1\CCc2c[nH]c3cccc1c23. The van der Waals surface area contributed by atoms with E-state index in [4.69, 9.17) is 9.47 Å². The minimum Gasteiger partial charge on any atom is -0.469 e. The first-order chi connectivity index (χ1) is 11.2. The molecule has 0 spiro atoms. The fourth-order valence-corrected chi connectivity index (χ4v) is 3.15. The quantitative estimate of drug-likeness (QED) is 0.696. The molecule has 23 heavy (non-hydrogen) atoms. The third-order valence-corrected chi connectivity index (χ3v) is 4.19. The van der Waals surface area contributed by atoms with E-state index in [2.05, 4.69) is 4.98 Å². The summed E-state index contributed by atoms with van der Waals surface area (Å²) in [6, 6.07) is 5.95. The van der Waals surface area contributed by atoms with E-state index in [-0.39, 0.29) is 13.0 Å². The van der Waals surface area contributed by atoms with Gasteiger partial charge in [-0.05, 0) is 42.5 Å². The van der Waals surface area contributed by atoms with Crippen molar-refractivity contribution in [2.45, 2.75) is 26.2 Å². The van der Waals surface area contributed by atoms with Crippen LogP contribution in [0.1, 0.15) is 30.9 Å². The number of carbonyl (C=O) groups is 2. The van der Waals surface area contributed by atoms with Gasteiger partial charge in [-0.3, -0.25) is 4.79 Å². The van der Waals surface area contributed by atoms with Crippen LogP contribution in [0.4, 0.5) is 0 Å². The summed E-state index contributed by atoms with van der Waals surface area (Å²) in [6.07, 6.45) is 3.47. The zero-order valence-electron chi connectivity index (χ0n) is 13.3. The Morgan fingerprint density at radius 2 is 2.09 bits per heavy atom. The molecule has 1 heterocycles. The minimum absolute atomic E-state index is 0.0686. The van der Waals surface area contributed by atoms with Crippen LogP contribution in [0.15, 0.2) is 30.0 Å². The Morgan fingerprint density at radius 1 is 1.26 bits per heavy atom. The van der Waals surface area contributed by atoms with Crippen molar-refractivity contribution >= 4 is 28.4 Å². The summed E-state index contributed by atoms with van der Waals surface area (Å²) in [7, 11) is 1.32. The molecule has 1 aliphatic carbocycles. The Morgan fingerprint density at radius 3 is 2.83 bits per heavy atom. The second-order valence-electron chi connectivity index (χ2n) is 5.47. The van der Waals surface area contributed by atoms with Crippen LogP contribution < -0.4 is 0 Å². The predicted molar refractivity (Wildman–Crippen MR) is 86.8 cm³/mol. The van der Waals surface area contributed by atoms with Gasteiger partial charge in [-0.15, -0.1) is 0 Å². The van der Waals surface area contributed by atoms with E-state index in [0.29, 0.717) is 12.0 Å². The summed E-state index contributed by atoms with van der Waals surface area (Å²) in [5.74, 6) is -0.878. The third-order valence-electron chi connectivity index (χ3n) is 4.19. The van der Waals surface area contributed by atoms with Crippen LogP contribution in [-0.4, -0.2) is 30.6 Å². The van der Waals surface area contributed by atoms with Gasteiger partial charge in [0.25, 0.3) is 0 Å². The summed E-state index contributed by atoms with van der Waals surface area (Å²) in [6.45, 7) is 2.03. The molecule has 0 unspecified atom stereocenters. The van der Waals surface area contributed by atoms with Crippen molar-refractivity contribution in [3.05, 3.63) is 41.1 Å². The highest BCUT2D eigenvalue weighted by Gasteiger charge is 2.26. The van der Waals surface area contributed by atoms with Crippen molar-refractivity contribution in [1.29, 1.82) is 0 Å². The topological polar surface area (TPSA) is 68.4 Å². The molecule has 0 atom stereocenters. The Bertz CT molecular complexity index is 800. The lowest BCUT2D eigenvalue weighted by Gasteiger charge is -2.20. The van der Waals surface area contributed by atoms with Gasteiger partial charge >= 0.3 is 11.9 Å². The second-order valence-corrected chi connectivity index (χ2v) is 5.47. The van der Waals surface area contributed by atoms with E-state index < -0.39 is 11.9 Å². The van der Waals surface area contributed by atoms with Gasteiger partial charge < -0.3 is 14.5 Å². The number of aromatic amines is 1. The molecule has 0 aliphatic heterocycles. The number of aryl methyl sites for hydroxylation is 1. The maximum absolute atomic E-state index is 12.4. The zero-order valence-corrected chi connectivity index (χ0v) is 13.3. The summed E-state index contributed by atoms with van der Waals surface area (Å²) < 4.78 is 9.90. The lowest BCUT2D eigenvalue weighted by Crippen LogP contribution is -2.16. The first kappa shape index (κ1) is 15.3. The number of H-pyrrole nitrogens is 1. The van der Waals surface area contributed by atoms with Crippen LogP contribution in [0.3, 0.4) is 0 Å². The highest BCUT2D eigenvalue weighted by molar-refractivity contribution is 6.06. The molecule has 0 saturated carbocycles. The summed E-state index contributed by atoms with van der Waals surface area (Å²) >= 11 is 0. The summed E-state index contributed by atoms with van der Waals surface area (Å²) in [4.78, 5) is 27.4. The fraction of sp³-hybridized carbons (Fsp3) is 0.333. The molecule has 0 amide bonds. The summed E-state index contributed by atoms with van der Waals surface area (Å²) in [5, 5.41) is 1.13. The number of allylic oxidation sites excluding steroid dienone is 1. The van der Waals surface area contributed by atoms with Crippen molar-refractivity contribution in [2.75, 3.05) is 13.7 Å². The number of benzene rings is 1. The molecule has 120 valence electrons. The van der Waals surface area contributed by atoms with Crippen LogP contribution in [0, 0.1) is 0 Å². The fourth-order valence-electron chi connectivity index (χ4n) is 3.15. The number of hydrogen-bond donors (Lipinski definition) is 1. The van der Waals surface area contributed by atoms with Crippen molar-refractivity contribution < 1.29 is 19.1 Å². The molecule has 3 rings (SSSR count). The lowest BCUT2D eigenvalue weighted by molar-refractivity contribution is -0.144. The first-order valence-electron chi connectivity index (χ1n) is 7.71. The Balaban J connectivity index is 2.16. The Kier molecular flexibility index (Phi) is 4.19. The second kappa shape index (κ2) is 6.28. The largest absolute Gasteiger partial charge is 0.469 e. The van der Waals surface area contributed by atoms with Crippen molar-refractivity contribution in [3.63, 3.8) is 0 Å². The van der Waals surface area contributed by atoms with Gasteiger partial charge in [0.05, 0.1) is 25.7 Å². The maximum atomic E-state index is 12.4. The molecule has 0 radical (unpaired) electrons. The number of carbonyl (C=O) groups excluding carboxylic acids is 2. The number of hydrogen-bond acceptors (Lipinski definition) is 4. The maximum Gasteiger partial charge on any atom is 0.334 e. The molecular weight excluding hydrogens is 294 g/mol. The van der Waals surface area contributed by atoms with Gasteiger partial charge in [0.1, 0.15) is 0 Å². The molecule has 0 bridgehead atoms. The van der Waals surface area contributed by atoms with Crippen LogP contribution in [0.2, 0.25) is 0 Å². The van der Waals surface area contributed by atoms with Crippen LogP contribution in [0.25, 0.3) is 16.5 Å². The minimum atomic E-state index is -0.441. The number of esters is 2. The van der Waals surface area contributed by atoms with E-state index in [1.807, 2.05) is 24.4 Å². The molecule has 5 heteroatoms. The number of ether oxygens (including phenoxy) is 2. The van der Waals surface area contributed by atoms with Gasteiger partial charge in [0, 0.05) is 17.1 Å². The molecule has 1 N–H and O–H groups in total. The average Bonchev–Trinajstić information content (AvgIpc) is 2.98. The molecule has 1 aromatic carbocycles. The zero-order chi connectivity index (χ0) is 16.4. The number of rotatable bonds is 4. The first-order valence-corrected chi connectivity index (χ1v) is 7.71. The van der Waals surface area contributed by atoms with Crippen molar-refractivity contribution in [2.24, 2.45) is 0 Å². The van der Waals surface area contributed by atoms with E-state index in [9.17, 15) is 9.59 Å². The van der Waals surface area contributed by atoms with Gasteiger partial charge in [0.2, 0.25) is 0 Å². The van der Waals surface area contributed by atoms with Gasteiger partial charge in [-0.1, -0.05) is 12.1 Å². The highest BCUT2D eigenvalue weighted by Crippen LogP contribution is 2.38. The van der Waals surface area contributed by atoms with Crippen LogP contribution in [-0.2, 0) is 25.5 Å². The molecule has 1 aliphatic rings. The van der Waals surface area contributed by atoms with E-state index in [1.165, 1.54) is 12.7 Å². The molecular formula is C18H19NO4. The normalized spacial score (nSPS) is 15.4. The Hall–Kier alpha value is -2.56. The average molecular weight is 313 g/mol. The Labute approximate surface area is 134 Å². The highest BCUT2D eigenvalue weighted by atomic mass is 16.5. The van der Waals surface area contributed by atoms with E-state index in [0.717, 1.165) is 28.5 Å². The molecule has 5 nitrogen and oxygen atoms in total. The lowest BCUT2D eigenvalue weighted by atomic mass is 9.85. The monoisotopic (exact) mass is 313 g/mol. The number of methoxy groups -OCH3 is 1. The molecule has 2 aromatic rings. The molecule has 1 aromatic heterocycles. The van der Waals surface area contributed by atoms with Crippen molar-refractivity contribution in [1.82, 2.24) is 4.98 Å². The van der Waals surface area contributed by atoms with Crippen LogP contribution >= 0.6 is 0 Å². The van der Waals surface area contributed by atoms with Gasteiger partial charge in [0.15, 0.2) is 0 Å². The number of nitrogens with one attached hydrogen (secondary N) is 1. The van der Waals surface area contributed by atoms with Crippen LogP contribution in [0.5, 0.6) is 0 Å². The smallest absolute Gasteiger partial charge is 0.334 e. The van der Waals surface area contributed by atoms with Gasteiger partial charge in [-0.2, -0.15) is 0 Å². The van der Waals surface area contributed by atoms with E-state index >= 15 is 0 Å². The standard InChI is InChI=1S/C18H19NO4/c1-3-23-18(21)14(9-16(20)22-2)12-8-7-11-10-19-15-6-4-5-13(12)17(11)15/h4-6,10,19H,3,7-9H2,1-2H3/b14-12+. The number of aromatic nitrogens is 1. The van der Waals surface area contributed by atoms with E-state index in [1.54, 1.807) is 6.92 Å². The predicted octanol–water partition coefficient (Wildman–Crippen LogP) is 2.99. The molecule has 0 fully saturated rings. The third kappa shape index (κ3) is 2.74. The summed E-state index contributed by atoms with van der Waals surface area (Å²) in [5.41, 5.74) is 4.55.